The van der Waals surface area contributed by atoms with Gasteiger partial charge in [-0.05, 0) is 48.6 Å². The van der Waals surface area contributed by atoms with Gasteiger partial charge in [0.15, 0.2) is 5.96 Å². The number of carbonyl (C=O) groups excluding carboxylic acids is 1. The summed E-state index contributed by atoms with van der Waals surface area (Å²) in [5.74, 6) is 0.679. The molecule has 6 nitrogen and oxygen atoms in total. The molecule has 2 aromatic rings. The van der Waals surface area contributed by atoms with Crippen LogP contribution in [0.5, 0.6) is 0 Å². The predicted molar refractivity (Wildman–Crippen MR) is 138 cm³/mol. The molecule has 0 spiro atoms. The standard InChI is InChI=1S/C21H28ClN5OS.HI/c1-26(2)20(28)14-24-21(23-11-9-19-4-3-13-29-19)25-17-10-12-27(15-17)18-7-5-16(22)6-8-18;/h3-8,13,17H,9-12,14-15H2,1-2H3,(H2,23,24,25);1H. The van der Waals surface area contributed by atoms with Crippen molar-refractivity contribution in [1.29, 1.82) is 0 Å². The zero-order chi connectivity index (χ0) is 20.6. The van der Waals surface area contributed by atoms with Crippen LogP contribution in [-0.4, -0.2) is 63.1 Å². The van der Waals surface area contributed by atoms with Crippen LogP contribution in [-0.2, 0) is 11.2 Å². The van der Waals surface area contributed by atoms with Gasteiger partial charge in [0.05, 0.1) is 0 Å². The fraction of sp³-hybridized carbons (Fsp3) is 0.429. The molecule has 1 saturated heterocycles. The van der Waals surface area contributed by atoms with E-state index >= 15 is 0 Å². The molecule has 2 N–H and O–H groups in total. The zero-order valence-electron chi connectivity index (χ0n) is 17.3. The Labute approximate surface area is 204 Å². The molecule has 0 bridgehead atoms. The predicted octanol–water partition coefficient (Wildman–Crippen LogP) is 3.46. The number of anilines is 1. The first-order valence-electron chi connectivity index (χ1n) is 9.79. The van der Waals surface area contributed by atoms with Crippen LogP contribution in [0, 0.1) is 0 Å². The minimum absolute atomic E-state index is 0. The Morgan fingerprint density at radius 1 is 1.30 bits per heavy atom. The highest BCUT2D eigenvalue weighted by molar-refractivity contribution is 14.0. The molecule has 0 radical (unpaired) electrons. The van der Waals surface area contributed by atoms with Gasteiger partial charge in [0, 0.05) is 55.4 Å². The normalized spacial score (nSPS) is 16.2. The van der Waals surface area contributed by atoms with Gasteiger partial charge in [0.25, 0.3) is 0 Å². The van der Waals surface area contributed by atoms with Gasteiger partial charge in [-0.25, -0.2) is 4.99 Å². The fourth-order valence-corrected chi connectivity index (χ4v) is 3.99. The second-order valence-electron chi connectivity index (χ2n) is 7.26. The van der Waals surface area contributed by atoms with Crippen LogP contribution in [0.2, 0.25) is 5.02 Å². The maximum atomic E-state index is 12.0. The van der Waals surface area contributed by atoms with E-state index in [1.54, 1.807) is 30.3 Å². The number of hydrogen-bond donors (Lipinski definition) is 2. The molecule has 1 amide bonds. The Bertz CT molecular complexity index is 813. The van der Waals surface area contributed by atoms with Gasteiger partial charge in [-0.15, -0.1) is 35.3 Å². The Morgan fingerprint density at radius 3 is 2.73 bits per heavy atom. The maximum Gasteiger partial charge on any atom is 0.243 e. The summed E-state index contributed by atoms with van der Waals surface area (Å²) in [6.07, 6.45) is 1.94. The van der Waals surface area contributed by atoms with Crippen molar-refractivity contribution in [2.75, 3.05) is 45.2 Å². The van der Waals surface area contributed by atoms with E-state index in [2.05, 4.69) is 50.2 Å². The number of benzene rings is 1. The topological polar surface area (TPSA) is 60.0 Å². The lowest BCUT2D eigenvalue weighted by Crippen LogP contribution is -2.45. The number of nitrogens with one attached hydrogen (secondary N) is 2. The second kappa shape index (κ2) is 12.4. The summed E-state index contributed by atoms with van der Waals surface area (Å²) in [4.78, 5) is 21.7. The van der Waals surface area contributed by atoms with Gasteiger partial charge in [-0.1, -0.05) is 17.7 Å². The molecule has 164 valence electrons. The van der Waals surface area contributed by atoms with E-state index in [0.717, 1.165) is 37.5 Å². The van der Waals surface area contributed by atoms with E-state index in [-0.39, 0.29) is 42.5 Å². The first-order valence-corrected chi connectivity index (χ1v) is 11.0. The molecule has 30 heavy (non-hydrogen) atoms. The summed E-state index contributed by atoms with van der Waals surface area (Å²) in [5, 5.41) is 9.72. The molecular formula is C21H29ClIN5OS. The number of halogens is 2. The number of likely N-dealkylation sites (N-methyl/N-ethyl adjacent to an activating group) is 1. The van der Waals surface area contributed by atoms with Crippen molar-refractivity contribution in [3.05, 3.63) is 51.7 Å². The van der Waals surface area contributed by atoms with E-state index < -0.39 is 0 Å². The van der Waals surface area contributed by atoms with Crippen LogP contribution in [0.4, 0.5) is 5.69 Å². The molecule has 1 aliphatic rings. The largest absolute Gasteiger partial charge is 0.369 e. The molecule has 1 atom stereocenters. The third-order valence-electron chi connectivity index (χ3n) is 4.84. The van der Waals surface area contributed by atoms with Gasteiger partial charge >= 0.3 is 0 Å². The van der Waals surface area contributed by atoms with Crippen molar-refractivity contribution in [2.24, 2.45) is 4.99 Å². The Hall–Kier alpha value is -1.52. The lowest BCUT2D eigenvalue weighted by Gasteiger charge is -2.21. The van der Waals surface area contributed by atoms with E-state index in [4.69, 9.17) is 11.6 Å². The minimum Gasteiger partial charge on any atom is -0.369 e. The second-order valence-corrected chi connectivity index (χ2v) is 8.73. The van der Waals surface area contributed by atoms with Gasteiger partial charge in [-0.2, -0.15) is 0 Å². The molecule has 1 aromatic carbocycles. The molecule has 1 fully saturated rings. The lowest BCUT2D eigenvalue weighted by molar-refractivity contribution is -0.127. The molecule has 1 aliphatic heterocycles. The van der Waals surface area contributed by atoms with E-state index in [9.17, 15) is 4.79 Å². The fourth-order valence-electron chi connectivity index (χ4n) is 3.16. The van der Waals surface area contributed by atoms with Crippen LogP contribution >= 0.6 is 46.9 Å². The molecule has 2 heterocycles. The third-order valence-corrected chi connectivity index (χ3v) is 6.02. The number of amides is 1. The monoisotopic (exact) mass is 561 g/mol. The highest BCUT2D eigenvalue weighted by Gasteiger charge is 2.23. The average molecular weight is 562 g/mol. The number of thiophene rings is 1. The number of hydrogen-bond acceptors (Lipinski definition) is 4. The number of carbonyl (C=O) groups is 1. The van der Waals surface area contributed by atoms with E-state index in [1.807, 2.05) is 12.1 Å². The summed E-state index contributed by atoms with van der Waals surface area (Å²) >= 11 is 7.75. The minimum atomic E-state index is -0.0152. The summed E-state index contributed by atoms with van der Waals surface area (Å²) in [6.45, 7) is 2.76. The molecule has 0 saturated carbocycles. The van der Waals surface area contributed by atoms with Crippen LogP contribution in [0.25, 0.3) is 0 Å². The Morgan fingerprint density at radius 2 is 2.07 bits per heavy atom. The van der Waals surface area contributed by atoms with Gasteiger partial charge in [0.2, 0.25) is 5.91 Å². The Balaban J connectivity index is 0.00000320. The van der Waals surface area contributed by atoms with Crippen LogP contribution in [0.15, 0.2) is 46.8 Å². The summed E-state index contributed by atoms with van der Waals surface area (Å²) in [5.41, 5.74) is 1.17. The van der Waals surface area contributed by atoms with Crippen molar-refractivity contribution < 1.29 is 4.79 Å². The molecule has 3 rings (SSSR count). The number of aliphatic imine (C=N–C) groups is 1. The Kier molecular flexibility index (Phi) is 10.2. The molecule has 1 unspecified atom stereocenters. The molecular weight excluding hydrogens is 533 g/mol. The van der Waals surface area contributed by atoms with Crippen molar-refractivity contribution >= 4 is 64.5 Å². The first kappa shape index (κ1) is 24.7. The highest BCUT2D eigenvalue weighted by atomic mass is 127. The average Bonchev–Trinajstić information content (AvgIpc) is 3.38. The van der Waals surface area contributed by atoms with E-state index in [1.165, 1.54) is 10.6 Å². The highest BCUT2D eigenvalue weighted by Crippen LogP contribution is 2.22. The zero-order valence-corrected chi connectivity index (χ0v) is 21.2. The van der Waals surface area contributed by atoms with Crippen molar-refractivity contribution in [2.45, 2.75) is 18.9 Å². The summed E-state index contributed by atoms with van der Waals surface area (Å²) in [7, 11) is 3.49. The first-order chi connectivity index (χ1) is 14.0. The SMILES string of the molecule is CN(C)C(=O)CN=C(NCCc1cccs1)NC1CCN(c2ccc(Cl)cc2)C1.I. The molecule has 1 aromatic heterocycles. The summed E-state index contributed by atoms with van der Waals surface area (Å²) < 4.78 is 0. The lowest BCUT2D eigenvalue weighted by atomic mass is 10.2. The van der Waals surface area contributed by atoms with Crippen molar-refractivity contribution in [3.8, 4) is 0 Å². The van der Waals surface area contributed by atoms with Crippen LogP contribution in [0.1, 0.15) is 11.3 Å². The molecule has 0 aliphatic carbocycles. The maximum absolute atomic E-state index is 12.0. The number of rotatable bonds is 7. The number of guanidine groups is 1. The van der Waals surface area contributed by atoms with Crippen molar-refractivity contribution in [3.63, 3.8) is 0 Å². The summed E-state index contributed by atoms with van der Waals surface area (Å²) in [6, 6.07) is 12.4. The quantitative estimate of drug-likeness (QED) is 0.309. The smallest absolute Gasteiger partial charge is 0.243 e. The van der Waals surface area contributed by atoms with Gasteiger partial charge in [-0.3, -0.25) is 4.79 Å². The van der Waals surface area contributed by atoms with E-state index in [0.29, 0.717) is 5.96 Å². The number of nitrogens with zero attached hydrogens (tertiary/aromatic N) is 3. The molecule has 9 heteroatoms. The van der Waals surface area contributed by atoms with Crippen LogP contribution < -0.4 is 15.5 Å². The van der Waals surface area contributed by atoms with Gasteiger partial charge in [0.1, 0.15) is 6.54 Å². The van der Waals surface area contributed by atoms with Crippen LogP contribution in [0.3, 0.4) is 0 Å². The third kappa shape index (κ3) is 7.63. The van der Waals surface area contributed by atoms with Crippen molar-refractivity contribution in [1.82, 2.24) is 15.5 Å². The van der Waals surface area contributed by atoms with Gasteiger partial charge < -0.3 is 20.4 Å².